The molecule has 2 aromatic heterocycles. The van der Waals surface area contributed by atoms with Gasteiger partial charge in [0.25, 0.3) is 11.5 Å². The van der Waals surface area contributed by atoms with Gasteiger partial charge in [0.15, 0.2) is 5.69 Å². The molecule has 6 nitrogen and oxygen atoms in total. The topological polar surface area (TPSA) is 60.1 Å². The van der Waals surface area contributed by atoms with E-state index in [1.165, 1.54) is 4.68 Å². The zero-order valence-electron chi connectivity index (χ0n) is 20.8. The molecule has 5 rings (SSSR count). The number of hydrogen-bond acceptors (Lipinski definition) is 3. The van der Waals surface area contributed by atoms with E-state index in [0.29, 0.717) is 28.8 Å². The SMILES string of the molecule is C=C/C=C(\C=C)N(CC)C(=O)c1nn(-c2ccc(C)cc2)c(=O)c2c1c1ccccc1n2C1CCC1. The summed E-state index contributed by atoms with van der Waals surface area (Å²) in [6.07, 6.45) is 8.15. The monoisotopic (exact) mass is 478 g/mol. The van der Waals surface area contributed by atoms with Crippen molar-refractivity contribution in [3.8, 4) is 5.69 Å². The molecule has 0 N–H and O–H groups in total. The van der Waals surface area contributed by atoms with E-state index >= 15 is 0 Å². The number of benzene rings is 2. The molecule has 0 bridgehead atoms. The highest BCUT2D eigenvalue weighted by atomic mass is 16.2. The van der Waals surface area contributed by atoms with E-state index < -0.39 is 0 Å². The van der Waals surface area contributed by atoms with Gasteiger partial charge in [-0.3, -0.25) is 9.59 Å². The van der Waals surface area contributed by atoms with Gasteiger partial charge in [0.05, 0.1) is 5.69 Å². The van der Waals surface area contributed by atoms with E-state index in [1.54, 1.807) is 23.1 Å². The lowest BCUT2D eigenvalue weighted by Crippen LogP contribution is -2.34. The van der Waals surface area contributed by atoms with Crippen LogP contribution in [0.15, 0.2) is 90.4 Å². The molecule has 1 saturated carbocycles. The first-order valence-electron chi connectivity index (χ1n) is 12.4. The first kappa shape index (κ1) is 23.5. The lowest BCUT2D eigenvalue weighted by molar-refractivity contribution is 0.0812. The Labute approximate surface area is 210 Å². The van der Waals surface area contributed by atoms with Crippen LogP contribution in [0.3, 0.4) is 0 Å². The van der Waals surface area contributed by atoms with Gasteiger partial charge >= 0.3 is 0 Å². The van der Waals surface area contributed by atoms with Gasteiger partial charge in [0.2, 0.25) is 0 Å². The molecule has 1 aliphatic carbocycles. The number of carbonyl (C=O) groups excluding carboxylic acids is 1. The fraction of sp³-hybridized carbons (Fsp3) is 0.233. The number of aryl methyl sites for hydroxylation is 1. The third-order valence-electron chi connectivity index (χ3n) is 7.03. The van der Waals surface area contributed by atoms with Gasteiger partial charge in [0.1, 0.15) is 5.52 Å². The van der Waals surface area contributed by atoms with Gasteiger partial charge in [-0.1, -0.05) is 55.1 Å². The summed E-state index contributed by atoms with van der Waals surface area (Å²) in [5, 5.41) is 6.20. The highest BCUT2D eigenvalue weighted by Crippen LogP contribution is 2.39. The predicted molar refractivity (Wildman–Crippen MR) is 146 cm³/mol. The number of aromatic nitrogens is 3. The van der Waals surface area contributed by atoms with E-state index in [-0.39, 0.29) is 23.2 Å². The summed E-state index contributed by atoms with van der Waals surface area (Å²) in [6.45, 7) is 12.0. The van der Waals surface area contributed by atoms with Crippen LogP contribution in [0.1, 0.15) is 48.3 Å². The number of hydrogen-bond donors (Lipinski definition) is 0. The maximum atomic E-state index is 14.1. The molecule has 36 heavy (non-hydrogen) atoms. The van der Waals surface area contributed by atoms with Crippen molar-refractivity contribution in [2.45, 2.75) is 39.2 Å². The summed E-state index contributed by atoms with van der Waals surface area (Å²) in [4.78, 5) is 29.8. The molecule has 0 aliphatic heterocycles. The Hall–Kier alpha value is -4.19. The number of carbonyl (C=O) groups is 1. The summed E-state index contributed by atoms with van der Waals surface area (Å²) in [5.74, 6) is -0.284. The largest absolute Gasteiger partial charge is 0.333 e. The van der Waals surface area contributed by atoms with Crippen molar-refractivity contribution in [1.29, 1.82) is 0 Å². The highest BCUT2D eigenvalue weighted by Gasteiger charge is 2.31. The summed E-state index contributed by atoms with van der Waals surface area (Å²) in [5.41, 5.74) is 3.85. The second kappa shape index (κ2) is 9.46. The first-order valence-corrected chi connectivity index (χ1v) is 12.4. The van der Waals surface area contributed by atoms with Crippen LogP contribution in [0.4, 0.5) is 0 Å². The van der Waals surface area contributed by atoms with Crippen molar-refractivity contribution in [3.05, 3.63) is 107 Å². The van der Waals surface area contributed by atoms with Crippen LogP contribution >= 0.6 is 0 Å². The molecule has 2 aromatic carbocycles. The van der Waals surface area contributed by atoms with Gasteiger partial charge < -0.3 is 9.47 Å². The van der Waals surface area contributed by atoms with Crippen molar-refractivity contribution < 1.29 is 4.79 Å². The molecule has 1 aliphatic rings. The van der Waals surface area contributed by atoms with Crippen LogP contribution in [0.5, 0.6) is 0 Å². The number of para-hydroxylation sites is 1. The molecule has 0 unspecified atom stereocenters. The fourth-order valence-corrected chi connectivity index (χ4v) is 5.00. The van der Waals surface area contributed by atoms with Crippen molar-refractivity contribution >= 4 is 27.7 Å². The normalized spacial score (nSPS) is 14.1. The minimum Gasteiger partial charge on any atom is -0.333 e. The second-order valence-corrected chi connectivity index (χ2v) is 9.18. The molecular formula is C30H30N4O2. The maximum Gasteiger partial charge on any atom is 0.296 e. The van der Waals surface area contributed by atoms with Crippen molar-refractivity contribution in [3.63, 3.8) is 0 Å². The van der Waals surface area contributed by atoms with Crippen LogP contribution < -0.4 is 5.56 Å². The van der Waals surface area contributed by atoms with E-state index in [1.807, 2.05) is 62.4 Å². The minimum absolute atomic E-state index is 0.220. The Morgan fingerprint density at radius 1 is 1.14 bits per heavy atom. The molecule has 1 amide bonds. The van der Waals surface area contributed by atoms with Crippen LogP contribution in [0.2, 0.25) is 0 Å². The lowest BCUT2D eigenvalue weighted by atomic mass is 9.92. The Morgan fingerprint density at radius 3 is 2.47 bits per heavy atom. The number of amides is 1. The van der Waals surface area contributed by atoms with E-state index in [0.717, 1.165) is 35.7 Å². The quantitative estimate of drug-likeness (QED) is 0.302. The third-order valence-corrected chi connectivity index (χ3v) is 7.03. The number of nitrogens with zero attached hydrogens (tertiary/aromatic N) is 4. The Kier molecular flexibility index (Phi) is 6.18. The van der Waals surface area contributed by atoms with E-state index in [9.17, 15) is 9.59 Å². The van der Waals surface area contributed by atoms with E-state index in [4.69, 9.17) is 5.10 Å². The summed E-state index contributed by atoms with van der Waals surface area (Å²) in [7, 11) is 0. The van der Waals surface area contributed by atoms with Crippen molar-refractivity contribution in [2.75, 3.05) is 6.54 Å². The summed E-state index contributed by atoms with van der Waals surface area (Å²) in [6, 6.07) is 15.8. The zero-order valence-corrected chi connectivity index (χ0v) is 20.8. The van der Waals surface area contributed by atoms with Gasteiger partial charge in [-0.15, -0.1) is 0 Å². The molecule has 1 fully saturated rings. The molecule has 6 heteroatoms. The number of rotatable bonds is 7. The Bertz CT molecular complexity index is 1580. The summed E-state index contributed by atoms with van der Waals surface area (Å²) >= 11 is 0. The van der Waals surface area contributed by atoms with Crippen LogP contribution in [0.25, 0.3) is 27.5 Å². The maximum absolute atomic E-state index is 14.1. The van der Waals surface area contributed by atoms with Crippen molar-refractivity contribution in [2.24, 2.45) is 0 Å². The fourth-order valence-electron chi connectivity index (χ4n) is 5.00. The Morgan fingerprint density at radius 2 is 1.86 bits per heavy atom. The molecule has 4 aromatic rings. The molecule has 182 valence electrons. The van der Waals surface area contributed by atoms with Gasteiger partial charge in [-0.2, -0.15) is 9.78 Å². The molecule has 0 saturated heterocycles. The van der Waals surface area contributed by atoms with Gasteiger partial charge in [-0.25, -0.2) is 0 Å². The average Bonchev–Trinajstić information content (AvgIpc) is 3.19. The smallest absolute Gasteiger partial charge is 0.296 e. The van der Waals surface area contributed by atoms with Crippen LogP contribution in [-0.2, 0) is 0 Å². The molecular weight excluding hydrogens is 448 g/mol. The third kappa shape index (κ3) is 3.70. The number of allylic oxidation sites excluding steroid dienone is 3. The van der Waals surface area contributed by atoms with Gasteiger partial charge in [0, 0.05) is 34.6 Å². The van der Waals surface area contributed by atoms with Gasteiger partial charge in [-0.05, 0) is 63.5 Å². The molecule has 0 radical (unpaired) electrons. The molecule has 2 heterocycles. The minimum atomic E-state index is -0.284. The number of likely N-dealkylation sites (N-methyl/N-ethyl adjacent to an activating group) is 1. The highest BCUT2D eigenvalue weighted by molar-refractivity contribution is 6.17. The number of fused-ring (bicyclic) bond motifs is 3. The standard InChI is InChI=1S/C30H30N4O2/c1-5-11-21(6-2)32(7-3)29(35)27-26-24-14-8-9-15-25(24)33(22-12-10-13-22)28(26)30(36)34(31-27)23-18-16-20(4)17-19-23/h5-6,8-9,11,14-19,22H,1-2,7,10,12-13H2,3-4H3/b21-11+. The van der Waals surface area contributed by atoms with Crippen molar-refractivity contribution in [1.82, 2.24) is 19.2 Å². The van der Waals surface area contributed by atoms with Crippen LogP contribution in [0, 0.1) is 6.92 Å². The summed E-state index contributed by atoms with van der Waals surface area (Å²) < 4.78 is 3.52. The lowest BCUT2D eigenvalue weighted by Gasteiger charge is -2.29. The zero-order chi connectivity index (χ0) is 25.4. The van der Waals surface area contributed by atoms with Crippen LogP contribution in [-0.4, -0.2) is 31.7 Å². The molecule has 0 atom stereocenters. The molecule has 0 spiro atoms. The predicted octanol–water partition coefficient (Wildman–Crippen LogP) is 6.09. The second-order valence-electron chi connectivity index (χ2n) is 9.18. The first-order chi connectivity index (χ1) is 17.5. The van der Waals surface area contributed by atoms with E-state index in [2.05, 4.69) is 17.7 Å². The average molecular weight is 479 g/mol. The Balaban J connectivity index is 1.90.